The predicted molar refractivity (Wildman–Crippen MR) is 96.9 cm³/mol. The number of allylic oxidation sites excluding steroid dienone is 4. The van der Waals surface area contributed by atoms with Gasteiger partial charge in [0.25, 0.3) is 5.91 Å². The number of halogens is 1. The van der Waals surface area contributed by atoms with E-state index in [2.05, 4.69) is 31.2 Å². The van der Waals surface area contributed by atoms with Crippen LogP contribution in [0.15, 0.2) is 40.7 Å². The summed E-state index contributed by atoms with van der Waals surface area (Å²) in [6.07, 6.45) is 9.81. The molecule has 0 aliphatic carbocycles. The van der Waals surface area contributed by atoms with Crippen LogP contribution >= 0.6 is 15.9 Å². The number of nitrogens with zero attached hydrogens (tertiary/aromatic N) is 1. The summed E-state index contributed by atoms with van der Waals surface area (Å²) in [4.78, 5) is 19.0. The number of rotatable bonds is 3. The van der Waals surface area contributed by atoms with Gasteiger partial charge in [-0.25, -0.2) is 4.98 Å². The molecule has 1 amide bonds. The van der Waals surface area contributed by atoms with E-state index >= 15 is 0 Å². The van der Waals surface area contributed by atoms with Gasteiger partial charge in [-0.2, -0.15) is 0 Å². The maximum atomic E-state index is 11.8. The minimum atomic E-state index is -0.168. The lowest BCUT2D eigenvalue weighted by Gasteiger charge is -2.11. The van der Waals surface area contributed by atoms with Crippen molar-refractivity contribution >= 4 is 21.8 Å². The normalized spacial score (nSPS) is 16.8. The van der Waals surface area contributed by atoms with Crippen molar-refractivity contribution in [1.29, 1.82) is 0 Å². The van der Waals surface area contributed by atoms with Crippen LogP contribution in [-0.2, 0) is 0 Å². The quantitative estimate of drug-likeness (QED) is 0.731. The minimum Gasteiger partial charge on any atom is -0.338 e. The number of aromatic nitrogens is 2. The molecule has 0 spiro atoms. The molecule has 1 aromatic heterocycles. The second kappa shape index (κ2) is 11.0. The molecule has 0 fully saturated rings. The number of fused-ring (bicyclic) bond motifs is 1. The molecular formula is C17H26BrN3O. The first-order chi connectivity index (χ1) is 10.7. The van der Waals surface area contributed by atoms with Gasteiger partial charge >= 0.3 is 0 Å². The molecule has 1 aromatic rings. The fourth-order valence-corrected chi connectivity index (χ4v) is 2.30. The predicted octanol–water partition coefficient (Wildman–Crippen LogP) is 5.09. The third-order valence-corrected chi connectivity index (χ3v) is 3.03. The molecule has 22 heavy (non-hydrogen) atoms. The Kier molecular flexibility index (Phi) is 10.2. The summed E-state index contributed by atoms with van der Waals surface area (Å²) in [5.74, 6) is -0.146. The summed E-state index contributed by atoms with van der Waals surface area (Å²) in [5.41, 5.74) is 2.28. The Labute approximate surface area is 141 Å². The molecule has 4 nitrogen and oxygen atoms in total. The van der Waals surface area contributed by atoms with Crippen LogP contribution in [0.4, 0.5) is 0 Å². The largest absolute Gasteiger partial charge is 0.338 e. The van der Waals surface area contributed by atoms with E-state index in [1.54, 1.807) is 0 Å². The van der Waals surface area contributed by atoms with Gasteiger partial charge in [-0.3, -0.25) is 4.79 Å². The van der Waals surface area contributed by atoms with E-state index in [0.717, 1.165) is 11.3 Å². The highest BCUT2D eigenvalue weighted by molar-refractivity contribution is 9.10. The highest BCUT2D eigenvalue weighted by Crippen LogP contribution is 2.31. The topological polar surface area (TPSA) is 57.8 Å². The highest BCUT2D eigenvalue weighted by atomic mass is 79.9. The van der Waals surface area contributed by atoms with Crippen molar-refractivity contribution in [3.63, 3.8) is 0 Å². The van der Waals surface area contributed by atoms with E-state index in [0.29, 0.717) is 10.4 Å². The van der Waals surface area contributed by atoms with Gasteiger partial charge in [0, 0.05) is 0 Å². The van der Waals surface area contributed by atoms with Crippen molar-refractivity contribution in [2.24, 2.45) is 0 Å². The second-order valence-electron chi connectivity index (χ2n) is 3.89. The summed E-state index contributed by atoms with van der Waals surface area (Å²) in [6.45, 7) is 11.9. The number of imidazole rings is 1. The molecule has 5 heteroatoms. The number of carbonyl (C=O) groups excluding carboxylic acids is 1. The SMILES string of the molecule is CC.CC.C\C=C/C=C(\C=C/C)C1NC(=O)c2nc(Br)[nH]c21. The van der Waals surface area contributed by atoms with E-state index in [9.17, 15) is 4.79 Å². The average molecular weight is 368 g/mol. The number of carbonyl (C=O) groups is 1. The maximum Gasteiger partial charge on any atom is 0.272 e. The molecule has 1 aliphatic rings. The standard InChI is InChI=1S/C13H14BrN3O.2C2H6/c1-3-5-7-8(6-4-2)9-10-11(12(18)15-9)17-13(14)16-10;2*1-2/h3-7,9H,1-2H3,(H,15,18)(H,16,17);2*1-2H3/b5-3-,6-4-,8-7+;;. The Morgan fingerprint density at radius 2 is 1.82 bits per heavy atom. The molecule has 1 atom stereocenters. The zero-order valence-electron chi connectivity index (χ0n) is 14.2. The molecule has 0 saturated carbocycles. The summed E-state index contributed by atoms with van der Waals surface area (Å²) in [7, 11) is 0. The van der Waals surface area contributed by atoms with E-state index in [1.165, 1.54) is 0 Å². The lowest BCUT2D eigenvalue weighted by Crippen LogP contribution is -2.21. The third kappa shape index (κ3) is 4.98. The van der Waals surface area contributed by atoms with Crippen LogP contribution in [0.3, 0.4) is 0 Å². The first-order valence-electron chi connectivity index (χ1n) is 7.69. The van der Waals surface area contributed by atoms with Gasteiger partial charge in [-0.1, -0.05) is 58.1 Å². The molecule has 2 N–H and O–H groups in total. The molecule has 1 unspecified atom stereocenters. The number of H-pyrrole nitrogens is 1. The van der Waals surface area contributed by atoms with Crippen LogP contribution in [0.1, 0.15) is 63.8 Å². The fraction of sp³-hybridized carbons (Fsp3) is 0.412. The summed E-state index contributed by atoms with van der Waals surface area (Å²) >= 11 is 3.26. The van der Waals surface area contributed by atoms with Crippen LogP contribution in [0, 0.1) is 0 Å². The molecule has 0 bridgehead atoms. The molecule has 122 valence electrons. The summed E-state index contributed by atoms with van der Waals surface area (Å²) in [5, 5.41) is 2.91. The van der Waals surface area contributed by atoms with Crippen molar-refractivity contribution in [2.45, 2.75) is 47.6 Å². The Bertz CT molecular complexity index is 556. The molecule has 0 saturated heterocycles. The Hall–Kier alpha value is -1.62. The Balaban J connectivity index is 0.00000102. The lowest BCUT2D eigenvalue weighted by atomic mass is 10.0. The smallest absolute Gasteiger partial charge is 0.272 e. The molecule has 2 heterocycles. The van der Waals surface area contributed by atoms with Crippen molar-refractivity contribution < 1.29 is 4.79 Å². The van der Waals surface area contributed by atoms with Gasteiger partial charge in [0.15, 0.2) is 10.4 Å². The van der Waals surface area contributed by atoms with E-state index < -0.39 is 0 Å². The maximum absolute atomic E-state index is 11.8. The van der Waals surface area contributed by atoms with Gasteiger partial charge in [-0.15, -0.1) is 0 Å². The van der Waals surface area contributed by atoms with Gasteiger partial charge < -0.3 is 10.3 Å². The first-order valence-corrected chi connectivity index (χ1v) is 8.48. The monoisotopic (exact) mass is 367 g/mol. The van der Waals surface area contributed by atoms with Gasteiger partial charge in [-0.05, 0) is 35.4 Å². The lowest BCUT2D eigenvalue weighted by molar-refractivity contribution is 0.0956. The van der Waals surface area contributed by atoms with E-state index in [-0.39, 0.29) is 11.9 Å². The molecular weight excluding hydrogens is 342 g/mol. The molecule has 0 aromatic carbocycles. The molecule has 1 aliphatic heterocycles. The second-order valence-corrected chi connectivity index (χ2v) is 4.64. The van der Waals surface area contributed by atoms with Gasteiger partial charge in [0.05, 0.1) is 11.7 Å². The van der Waals surface area contributed by atoms with Crippen molar-refractivity contribution in [2.75, 3.05) is 0 Å². The molecule has 2 rings (SSSR count). The van der Waals surface area contributed by atoms with E-state index in [4.69, 9.17) is 0 Å². The number of aromatic amines is 1. The summed E-state index contributed by atoms with van der Waals surface area (Å²) < 4.78 is 0.582. The zero-order chi connectivity index (χ0) is 17.1. The Morgan fingerprint density at radius 3 is 2.36 bits per heavy atom. The highest BCUT2D eigenvalue weighted by Gasteiger charge is 2.33. The van der Waals surface area contributed by atoms with Crippen molar-refractivity contribution in [3.05, 3.63) is 52.1 Å². The zero-order valence-corrected chi connectivity index (χ0v) is 15.8. The van der Waals surface area contributed by atoms with Crippen LogP contribution in [0.25, 0.3) is 0 Å². The number of hydrogen-bond donors (Lipinski definition) is 2. The Morgan fingerprint density at radius 1 is 1.18 bits per heavy atom. The third-order valence-electron chi connectivity index (χ3n) is 2.66. The van der Waals surface area contributed by atoms with E-state index in [1.807, 2.05) is 71.9 Å². The molecule has 0 radical (unpaired) electrons. The number of nitrogens with one attached hydrogen (secondary N) is 2. The number of amides is 1. The fourth-order valence-electron chi connectivity index (χ4n) is 1.91. The summed E-state index contributed by atoms with van der Waals surface area (Å²) in [6, 6.07) is -0.168. The van der Waals surface area contributed by atoms with Gasteiger partial charge in [0.1, 0.15) is 0 Å². The minimum absolute atomic E-state index is 0.146. The van der Waals surface area contributed by atoms with Crippen LogP contribution in [0.2, 0.25) is 0 Å². The average Bonchev–Trinajstić information content (AvgIpc) is 3.07. The first kappa shape index (κ1) is 20.4. The van der Waals surface area contributed by atoms with Crippen molar-refractivity contribution in [3.8, 4) is 0 Å². The van der Waals surface area contributed by atoms with Crippen molar-refractivity contribution in [1.82, 2.24) is 15.3 Å². The number of hydrogen-bond acceptors (Lipinski definition) is 2. The van der Waals surface area contributed by atoms with Crippen LogP contribution in [-0.4, -0.2) is 15.9 Å². The van der Waals surface area contributed by atoms with Gasteiger partial charge in [0.2, 0.25) is 0 Å². The van der Waals surface area contributed by atoms with Crippen LogP contribution < -0.4 is 5.32 Å². The van der Waals surface area contributed by atoms with Crippen LogP contribution in [0.5, 0.6) is 0 Å².